The summed E-state index contributed by atoms with van der Waals surface area (Å²) in [7, 11) is 0. The molecule has 1 saturated heterocycles. The van der Waals surface area contributed by atoms with E-state index < -0.39 is 0 Å². The monoisotopic (exact) mass is 226 g/mol. The van der Waals surface area contributed by atoms with Crippen molar-refractivity contribution in [2.24, 2.45) is 0 Å². The zero-order chi connectivity index (χ0) is 8.39. The maximum absolute atomic E-state index is 4.14. The summed E-state index contributed by atoms with van der Waals surface area (Å²) >= 11 is 3.42. The summed E-state index contributed by atoms with van der Waals surface area (Å²) < 4.78 is 1.06. The van der Waals surface area contributed by atoms with Gasteiger partial charge in [0, 0.05) is 22.9 Å². The number of nitrogens with one attached hydrogen (secondary N) is 1. The number of hydrogen-bond acceptors (Lipinski definition) is 2. The van der Waals surface area contributed by atoms with Gasteiger partial charge in [0.25, 0.3) is 0 Å². The van der Waals surface area contributed by atoms with E-state index in [1.807, 2.05) is 12.4 Å². The van der Waals surface area contributed by atoms with E-state index in [4.69, 9.17) is 0 Å². The molecule has 1 aliphatic heterocycles. The Balaban J connectivity index is 2.21. The van der Waals surface area contributed by atoms with Crippen LogP contribution in [0.1, 0.15) is 24.4 Å². The van der Waals surface area contributed by atoms with Gasteiger partial charge < -0.3 is 5.32 Å². The van der Waals surface area contributed by atoms with Crippen LogP contribution in [0.25, 0.3) is 0 Å². The minimum absolute atomic E-state index is 0.523. The maximum atomic E-state index is 4.14. The first-order valence-corrected chi connectivity index (χ1v) is 4.99. The topological polar surface area (TPSA) is 24.9 Å². The van der Waals surface area contributed by atoms with E-state index in [-0.39, 0.29) is 0 Å². The Hall–Kier alpha value is -0.410. The Morgan fingerprint density at radius 1 is 1.50 bits per heavy atom. The SMILES string of the molecule is Brc1cncc([C@H]2CCCN2)c1. The van der Waals surface area contributed by atoms with Crippen molar-refractivity contribution in [1.29, 1.82) is 0 Å². The summed E-state index contributed by atoms with van der Waals surface area (Å²) in [6, 6.07) is 2.66. The lowest BCUT2D eigenvalue weighted by molar-refractivity contribution is 0.644. The van der Waals surface area contributed by atoms with Crippen LogP contribution in [0.15, 0.2) is 22.9 Å². The van der Waals surface area contributed by atoms with E-state index in [1.165, 1.54) is 18.4 Å². The average molecular weight is 227 g/mol. The largest absolute Gasteiger partial charge is 0.310 e. The number of hydrogen-bond donors (Lipinski definition) is 1. The number of halogens is 1. The van der Waals surface area contributed by atoms with E-state index in [1.54, 1.807) is 0 Å². The summed E-state index contributed by atoms with van der Waals surface area (Å²) in [6.07, 6.45) is 6.27. The minimum atomic E-state index is 0.523. The predicted octanol–water partition coefficient (Wildman–Crippen LogP) is 2.27. The highest BCUT2D eigenvalue weighted by Crippen LogP contribution is 2.23. The second-order valence-electron chi connectivity index (χ2n) is 3.09. The molecule has 0 saturated carbocycles. The third-order valence-corrected chi connectivity index (χ3v) is 2.62. The molecular weight excluding hydrogens is 216 g/mol. The fraction of sp³-hybridized carbons (Fsp3) is 0.444. The van der Waals surface area contributed by atoms with Gasteiger partial charge in [0.2, 0.25) is 0 Å². The van der Waals surface area contributed by atoms with Crippen molar-refractivity contribution in [3.63, 3.8) is 0 Å². The van der Waals surface area contributed by atoms with Crippen LogP contribution < -0.4 is 5.32 Å². The van der Waals surface area contributed by atoms with Gasteiger partial charge in [-0.3, -0.25) is 4.98 Å². The average Bonchev–Trinajstić information content (AvgIpc) is 2.56. The van der Waals surface area contributed by atoms with Crippen molar-refractivity contribution in [3.05, 3.63) is 28.5 Å². The summed E-state index contributed by atoms with van der Waals surface area (Å²) in [5.41, 5.74) is 1.29. The molecule has 0 unspecified atom stereocenters. The van der Waals surface area contributed by atoms with Crippen molar-refractivity contribution < 1.29 is 0 Å². The van der Waals surface area contributed by atoms with Crippen LogP contribution in [0.5, 0.6) is 0 Å². The molecule has 2 heterocycles. The molecule has 0 aliphatic carbocycles. The quantitative estimate of drug-likeness (QED) is 0.795. The van der Waals surface area contributed by atoms with Gasteiger partial charge in [-0.1, -0.05) is 0 Å². The molecule has 3 heteroatoms. The highest BCUT2D eigenvalue weighted by molar-refractivity contribution is 9.10. The number of aromatic nitrogens is 1. The lowest BCUT2D eigenvalue weighted by Crippen LogP contribution is -2.12. The van der Waals surface area contributed by atoms with Crippen molar-refractivity contribution in [2.45, 2.75) is 18.9 Å². The zero-order valence-electron chi connectivity index (χ0n) is 6.76. The Morgan fingerprint density at radius 2 is 2.42 bits per heavy atom. The highest BCUT2D eigenvalue weighted by Gasteiger charge is 2.15. The minimum Gasteiger partial charge on any atom is -0.310 e. The van der Waals surface area contributed by atoms with Gasteiger partial charge in [0.1, 0.15) is 0 Å². The standard InChI is InChI=1S/C9H11BrN2/c10-8-4-7(5-11-6-8)9-2-1-3-12-9/h4-6,9,12H,1-3H2/t9-/m1/s1. The third-order valence-electron chi connectivity index (χ3n) is 2.19. The fourth-order valence-corrected chi connectivity index (χ4v) is 1.97. The summed E-state index contributed by atoms with van der Waals surface area (Å²) in [4.78, 5) is 4.14. The van der Waals surface area contributed by atoms with Gasteiger partial charge in [-0.15, -0.1) is 0 Å². The van der Waals surface area contributed by atoms with Gasteiger partial charge in [-0.05, 0) is 46.9 Å². The lowest BCUT2D eigenvalue weighted by atomic mass is 10.1. The van der Waals surface area contributed by atoms with Crippen LogP contribution in [0.3, 0.4) is 0 Å². The van der Waals surface area contributed by atoms with Gasteiger partial charge in [0.05, 0.1) is 0 Å². The molecule has 1 atom stereocenters. The number of pyridine rings is 1. The Bertz CT molecular complexity index is 269. The summed E-state index contributed by atoms with van der Waals surface area (Å²) in [5, 5.41) is 3.44. The van der Waals surface area contributed by atoms with Crippen molar-refractivity contribution in [2.75, 3.05) is 6.54 Å². The van der Waals surface area contributed by atoms with E-state index in [0.717, 1.165) is 11.0 Å². The molecule has 1 aromatic rings. The van der Waals surface area contributed by atoms with Gasteiger partial charge in [-0.25, -0.2) is 0 Å². The first kappa shape index (κ1) is 8.20. The van der Waals surface area contributed by atoms with E-state index in [0.29, 0.717) is 6.04 Å². The van der Waals surface area contributed by atoms with Crippen molar-refractivity contribution in [3.8, 4) is 0 Å². The Labute approximate surface area is 80.5 Å². The molecular formula is C9H11BrN2. The Kier molecular flexibility index (Phi) is 2.42. The van der Waals surface area contributed by atoms with Gasteiger partial charge >= 0.3 is 0 Å². The fourth-order valence-electron chi connectivity index (χ4n) is 1.59. The molecule has 1 aromatic heterocycles. The van der Waals surface area contributed by atoms with Gasteiger partial charge in [-0.2, -0.15) is 0 Å². The molecule has 1 N–H and O–H groups in total. The maximum Gasteiger partial charge on any atom is 0.0410 e. The summed E-state index contributed by atoms with van der Waals surface area (Å²) in [6.45, 7) is 1.14. The molecule has 0 bridgehead atoms. The van der Waals surface area contributed by atoms with E-state index in [2.05, 4.69) is 32.3 Å². The van der Waals surface area contributed by atoms with Crippen molar-refractivity contribution in [1.82, 2.24) is 10.3 Å². The number of rotatable bonds is 1. The van der Waals surface area contributed by atoms with E-state index >= 15 is 0 Å². The lowest BCUT2D eigenvalue weighted by Gasteiger charge is -2.09. The second kappa shape index (κ2) is 3.54. The Morgan fingerprint density at radius 3 is 3.08 bits per heavy atom. The highest BCUT2D eigenvalue weighted by atomic mass is 79.9. The second-order valence-corrected chi connectivity index (χ2v) is 4.00. The molecule has 0 spiro atoms. The molecule has 12 heavy (non-hydrogen) atoms. The molecule has 2 rings (SSSR count). The van der Waals surface area contributed by atoms with Gasteiger partial charge in [0.15, 0.2) is 0 Å². The van der Waals surface area contributed by atoms with E-state index in [9.17, 15) is 0 Å². The van der Waals surface area contributed by atoms with Crippen LogP contribution in [-0.4, -0.2) is 11.5 Å². The summed E-state index contributed by atoms with van der Waals surface area (Å²) in [5.74, 6) is 0. The molecule has 0 radical (unpaired) electrons. The first-order valence-electron chi connectivity index (χ1n) is 4.20. The van der Waals surface area contributed by atoms with Crippen molar-refractivity contribution >= 4 is 15.9 Å². The molecule has 1 fully saturated rings. The van der Waals surface area contributed by atoms with Crippen LogP contribution in [0, 0.1) is 0 Å². The van der Waals surface area contributed by atoms with Crippen LogP contribution in [0.2, 0.25) is 0 Å². The normalized spacial score (nSPS) is 22.9. The molecule has 1 aliphatic rings. The van der Waals surface area contributed by atoms with Crippen LogP contribution >= 0.6 is 15.9 Å². The smallest absolute Gasteiger partial charge is 0.0410 e. The molecule has 64 valence electrons. The van der Waals surface area contributed by atoms with Crippen LogP contribution in [0.4, 0.5) is 0 Å². The predicted molar refractivity (Wildman–Crippen MR) is 51.9 cm³/mol. The zero-order valence-corrected chi connectivity index (χ0v) is 8.34. The molecule has 0 aromatic carbocycles. The van der Waals surface area contributed by atoms with Crippen LogP contribution in [-0.2, 0) is 0 Å². The first-order chi connectivity index (χ1) is 5.86. The number of nitrogens with zero attached hydrogens (tertiary/aromatic N) is 1. The molecule has 0 amide bonds. The molecule has 2 nitrogen and oxygen atoms in total. The third kappa shape index (κ3) is 1.67.